The van der Waals surface area contributed by atoms with Crippen LogP contribution in [0.4, 0.5) is 5.69 Å². The number of anilines is 1. The van der Waals surface area contributed by atoms with Gasteiger partial charge in [-0.1, -0.05) is 6.92 Å². The zero-order chi connectivity index (χ0) is 16.9. The Morgan fingerprint density at radius 2 is 1.96 bits per heavy atom. The molecule has 0 unspecified atom stereocenters. The Morgan fingerprint density at radius 1 is 1.17 bits per heavy atom. The number of aromatic nitrogens is 6. The lowest BCUT2D eigenvalue weighted by molar-refractivity contribution is 0.102. The highest BCUT2D eigenvalue weighted by Gasteiger charge is 2.10. The van der Waals surface area contributed by atoms with E-state index in [2.05, 4.69) is 25.9 Å². The van der Waals surface area contributed by atoms with Crippen molar-refractivity contribution in [2.75, 3.05) is 5.32 Å². The zero-order valence-corrected chi connectivity index (χ0v) is 13.0. The molecule has 1 N–H and O–H groups in total. The van der Waals surface area contributed by atoms with Gasteiger partial charge < -0.3 is 5.32 Å². The van der Waals surface area contributed by atoms with Crippen molar-refractivity contribution in [2.24, 2.45) is 0 Å². The third-order valence-electron chi connectivity index (χ3n) is 3.27. The highest BCUT2D eigenvalue weighted by Crippen LogP contribution is 2.12. The lowest BCUT2D eigenvalue weighted by atomic mass is 10.2. The molecule has 0 radical (unpaired) electrons. The van der Waals surface area contributed by atoms with Crippen LogP contribution in [0.1, 0.15) is 23.8 Å². The molecule has 0 aliphatic carbocycles. The highest BCUT2D eigenvalue weighted by molar-refractivity contribution is 6.02. The van der Waals surface area contributed by atoms with E-state index in [1.54, 1.807) is 24.3 Å². The maximum atomic E-state index is 12.3. The summed E-state index contributed by atoms with van der Waals surface area (Å²) in [5, 5.41) is 17.7. The summed E-state index contributed by atoms with van der Waals surface area (Å²) in [5.41, 5.74) is 1.34. The van der Waals surface area contributed by atoms with Crippen LogP contribution in [0.5, 0.6) is 0 Å². The maximum Gasteiger partial charge on any atom is 0.276 e. The average molecular weight is 325 g/mol. The number of carbonyl (C=O) groups is 1. The van der Waals surface area contributed by atoms with Crippen molar-refractivity contribution in [1.29, 1.82) is 0 Å². The van der Waals surface area contributed by atoms with Crippen LogP contribution in [0.3, 0.4) is 0 Å². The number of hydrogen-bond acceptors (Lipinski definition) is 6. The first-order valence-electron chi connectivity index (χ1n) is 7.40. The number of benzene rings is 1. The number of nitrogens with zero attached hydrogens (tertiary/aromatic N) is 6. The standard InChI is InChI=1S/C15H15N7O2/c1-2-9-21-14(23)8-7-13(18-21)15(24)17-11-3-5-12(6-4-11)22-10-16-19-20-22/h3-8,10H,2,9H2,1H3,(H,17,24). The lowest BCUT2D eigenvalue weighted by Crippen LogP contribution is -2.26. The Bertz CT molecular complexity index is 885. The largest absolute Gasteiger partial charge is 0.321 e. The third kappa shape index (κ3) is 3.35. The summed E-state index contributed by atoms with van der Waals surface area (Å²) in [5.74, 6) is -0.380. The molecule has 1 aromatic carbocycles. The van der Waals surface area contributed by atoms with Crippen molar-refractivity contribution in [3.8, 4) is 5.69 Å². The second-order valence-corrected chi connectivity index (χ2v) is 5.04. The molecular weight excluding hydrogens is 310 g/mol. The molecule has 24 heavy (non-hydrogen) atoms. The second-order valence-electron chi connectivity index (χ2n) is 5.04. The smallest absolute Gasteiger partial charge is 0.276 e. The van der Waals surface area contributed by atoms with Gasteiger partial charge in [0, 0.05) is 18.3 Å². The number of carbonyl (C=O) groups excluding carboxylic acids is 1. The molecule has 0 fully saturated rings. The van der Waals surface area contributed by atoms with E-state index in [1.807, 2.05) is 6.92 Å². The van der Waals surface area contributed by atoms with Gasteiger partial charge in [0.2, 0.25) is 0 Å². The second kappa shape index (κ2) is 6.82. The van der Waals surface area contributed by atoms with Crippen LogP contribution < -0.4 is 10.9 Å². The maximum absolute atomic E-state index is 12.3. The van der Waals surface area contributed by atoms with Gasteiger partial charge in [-0.25, -0.2) is 9.36 Å². The van der Waals surface area contributed by atoms with Crippen molar-refractivity contribution in [3.63, 3.8) is 0 Å². The van der Waals surface area contributed by atoms with Gasteiger partial charge in [0.15, 0.2) is 0 Å². The van der Waals surface area contributed by atoms with Gasteiger partial charge in [0.1, 0.15) is 12.0 Å². The molecule has 2 heterocycles. The lowest BCUT2D eigenvalue weighted by Gasteiger charge is -2.07. The van der Waals surface area contributed by atoms with Gasteiger partial charge in [-0.15, -0.1) is 5.10 Å². The molecule has 9 nitrogen and oxygen atoms in total. The zero-order valence-electron chi connectivity index (χ0n) is 13.0. The normalized spacial score (nSPS) is 10.5. The molecule has 122 valence electrons. The molecule has 0 saturated carbocycles. The fourth-order valence-electron chi connectivity index (χ4n) is 2.11. The number of nitrogens with one attached hydrogen (secondary N) is 1. The predicted octanol–water partition coefficient (Wildman–Crippen LogP) is 0.881. The molecule has 9 heteroatoms. The van der Waals surface area contributed by atoms with E-state index in [0.29, 0.717) is 12.2 Å². The van der Waals surface area contributed by atoms with Gasteiger partial charge in [-0.2, -0.15) is 5.10 Å². The molecule has 2 aromatic heterocycles. The summed E-state index contributed by atoms with van der Waals surface area (Å²) in [4.78, 5) is 23.9. The van der Waals surface area contributed by atoms with Crippen LogP contribution in [-0.4, -0.2) is 35.9 Å². The van der Waals surface area contributed by atoms with Crippen LogP contribution in [0.15, 0.2) is 47.5 Å². The number of hydrogen-bond donors (Lipinski definition) is 1. The Kier molecular flexibility index (Phi) is 4.41. The van der Waals surface area contributed by atoms with E-state index < -0.39 is 0 Å². The van der Waals surface area contributed by atoms with Crippen LogP contribution in [0.2, 0.25) is 0 Å². The van der Waals surface area contributed by atoms with E-state index in [9.17, 15) is 9.59 Å². The van der Waals surface area contributed by atoms with E-state index >= 15 is 0 Å². The van der Waals surface area contributed by atoms with Crippen molar-refractivity contribution in [2.45, 2.75) is 19.9 Å². The van der Waals surface area contributed by atoms with E-state index in [-0.39, 0.29) is 17.2 Å². The summed E-state index contributed by atoms with van der Waals surface area (Å²) in [6.07, 6.45) is 2.24. The van der Waals surface area contributed by atoms with Crippen molar-refractivity contribution >= 4 is 11.6 Å². The molecular formula is C15H15N7O2. The van der Waals surface area contributed by atoms with Gasteiger partial charge >= 0.3 is 0 Å². The number of aryl methyl sites for hydroxylation is 1. The Balaban J connectivity index is 1.75. The number of tetrazole rings is 1. The van der Waals surface area contributed by atoms with Gasteiger partial charge in [-0.3, -0.25) is 9.59 Å². The summed E-state index contributed by atoms with van der Waals surface area (Å²) in [6, 6.07) is 9.78. The molecule has 3 rings (SSSR count). The summed E-state index contributed by atoms with van der Waals surface area (Å²) in [6.45, 7) is 2.41. The van der Waals surface area contributed by atoms with Crippen LogP contribution in [0.25, 0.3) is 5.69 Å². The summed E-state index contributed by atoms with van der Waals surface area (Å²) in [7, 11) is 0. The quantitative estimate of drug-likeness (QED) is 0.746. The average Bonchev–Trinajstić information content (AvgIpc) is 3.12. The molecule has 0 aliphatic rings. The topological polar surface area (TPSA) is 108 Å². The van der Waals surface area contributed by atoms with Crippen LogP contribution >= 0.6 is 0 Å². The van der Waals surface area contributed by atoms with Crippen molar-refractivity contribution in [1.82, 2.24) is 30.0 Å². The number of rotatable bonds is 5. The van der Waals surface area contributed by atoms with E-state index in [1.165, 1.54) is 27.8 Å². The minimum Gasteiger partial charge on any atom is -0.321 e. The molecule has 0 aliphatic heterocycles. The van der Waals surface area contributed by atoms with Gasteiger partial charge in [-0.05, 0) is 47.2 Å². The van der Waals surface area contributed by atoms with Gasteiger partial charge in [0.25, 0.3) is 11.5 Å². The van der Waals surface area contributed by atoms with E-state index in [0.717, 1.165) is 12.1 Å². The van der Waals surface area contributed by atoms with Crippen LogP contribution in [-0.2, 0) is 6.54 Å². The van der Waals surface area contributed by atoms with Crippen LogP contribution in [0, 0.1) is 0 Å². The molecule has 0 bridgehead atoms. The minimum atomic E-state index is -0.380. The van der Waals surface area contributed by atoms with Crippen molar-refractivity contribution in [3.05, 3.63) is 58.8 Å². The van der Waals surface area contributed by atoms with E-state index in [4.69, 9.17) is 0 Å². The molecule has 0 atom stereocenters. The predicted molar refractivity (Wildman–Crippen MR) is 85.9 cm³/mol. The Labute approximate surface area is 136 Å². The first-order chi connectivity index (χ1) is 11.7. The minimum absolute atomic E-state index is 0.188. The molecule has 1 amide bonds. The SMILES string of the molecule is CCCn1nc(C(=O)Nc2ccc(-n3cnnn3)cc2)ccc1=O. The number of amides is 1. The molecule has 0 saturated heterocycles. The fraction of sp³-hybridized carbons (Fsp3) is 0.200. The summed E-state index contributed by atoms with van der Waals surface area (Å²) < 4.78 is 2.80. The fourth-order valence-corrected chi connectivity index (χ4v) is 2.11. The van der Waals surface area contributed by atoms with Crippen molar-refractivity contribution < 1.29 is 4.79 Å². The Hall–Kier alpha value is -3.36. The first-order valence-corrected chi connectivity index (χ1v) is 7.40. The summed E-state index contributed by atoms with van der Waals surface area (Å²) >= 11 is 0. The first kappa shape index (κ1) is 15.5. The molecule has 3 aromatic rings. The Morgan fingerprint density at radius 3 is 2.62 bits per heavy atom. The molecule has 0 spiro atoms. The monoisotopic (exact) mass is 325 g/mol. The third-order valence-corrected chi connectivity index (χ3v) is 3.27. The van der Waals surface area contributed by atoms with Gasteiger partial charge in [0.05, 0.1) is 5.69 Å². The highest BCUT2D eigenvalue weighted by atomic mass is 16.2.